The number of rotatable bonds is 7. The average molecular weight is 203 g/mol. The molecule has 0 aliphatic carbocycles. The summed E-state index contributed by atoms with van der Waals surface area (Å²) >= 11 is 0. The minimum Gasteiger partial charge on any atom is -0.377 e. The van der Waals surface area contributed by atoms with E-state index in [0.717, 1.165) is 26.3 Å². The Hall–Kier alpha value is -0.120. The molecule has 0 bridgehead atoms. The Balaban J connectivity index is 3.07. The normalized spacial score (nSPS) is 12.4. The van der Waals surface area contributed by atoms with Gasteiger partial charge in [-0.15, -0.1) is 0 Å². The predicted octanol–water partition coefficient (Wildman–Crippen LogP) is 1.82. The van der Waals surface area contributed by atoms with Crippen LogP contribution in [0.5, 0.6) is 0 Å². The number of hydrogen-bond donors (Lipinski definition) is 1. The van der Waals surface area contributed by atoms with Crippen molar-refractivity contribution in [3.05, 3.63) is 0 Å². The van der Waals surface area contributed by atoms with Crippen LogP contribution in [-0.2, 0) is 9.47 Å². The number of ether oxygens (including phenoxy) is 2. The molecule has 0 rings (SSSR count). The SMILES string of the molecule is CC(C)OCCNCCOC(C)(C)C. The topological polar surface area (TPSA) is 30.5 Å². The molecule has 0 saturated heterocycles. The zero-order valence-corrected chi connectivity index (χ0v) is 10.2. The molecule has 0 heterocycles. The Kier molecular flexibility index (Phi) is 7.15. The summed E-state index contributed by atoms with van der Waals surface area (Å²) in [5.74, 6) is 0. The van der Waals surface area contributed by atoms with Gasteiger partial charge in [-0.3, -0.25) is 0 Å². The first-order chi connectivity index (χ1) is 6.42. The first-order valence-electron chi connectivity index (χ1n) is 5.38. The van der Waals surface area contributed by atoms with E-state index < -0.39 is 0 Å². The summed E-state index contributed by atoms with van der Waals surface area (Å²) in [5, 5.41) is 3.26. The van der Waals surface area contributed by atoms with Gasteiger partial charge in [0.2, 0.25) is 0 Å². The maximum atomic E-state index is 5.55. The van der Waals surface area contributed by atoms with Gasteiger partial charge in [-0.2, -0.15) is 0 Å². The Morgan fingerprint density at radius 2 is 1.64 bits per heavy atom. The van der Waals surface area contributed by atoms with Crippen molar-refractivity contribution in [1.29, 1.82) is 0 Å². The first-order valence-corrected chi connectivity index (χ1v) is 5.38. The Labute approximate surface area is 88.2 Å². The second-order valence-corrected chi connectivity index (χ2v) is 4.63. The van der Waals surface area contributed by atoms with Crippen molar-refractivity contribution in [2.45, 2.75) is 46.3 Å². The molecule has 0 unspecified atom stereocenters. The molecule has 86 valence electrons. The maximum Gasteiger partial charge on any atom is 0.0599 e. The van der Waals surface area contributed by atoms with Gasteiger partial charge in [0.1, 0.15) is 0 Å². The van der Waals surface area contributed by atoms with Crippen LogP contribution in [0.3, 0.4) is 0 Å². The van der Waals surface area contributed by atoms with E-state index in [1.54, 1.807) is 0 Å². The van der Waals surface area contributed by atoms with Crippen molar-refractivity contribution >= 4 is 0 Å². The summed E-state index contributed by atoms with van der Waals surface area (Å²) in [5.41, 5.74) is -0.0316. The second kappa shape index (κ2) is 7.21. The molecule has 0 aromatic rings. The fraction of sp³-hybridized carbons (Fsp3) is 1.00. The Morgan fingerprint density at radius 1 is 1.07 bits per heavy atom. The van der Waals surface area contributed by atoms with Crippen LogP contribution < -0.4 is 5.32 Å². The van der Waals surface area contributed by atoms with Crippen LogP contribution in [0.15, 0.2) is 0 Å². The Bertz CT molecular complexity index is 130. The van der Waals surface area contributed by atoms with Gasteiger partial charge < -0.3 is 14.8 Å². The molecule has 14 heavy (non-hydrogen) atoms. The van der Waals surface area contributed by atoms with E-state index in [4.69, 9.17) is 9.47 Å². The summed E-state index contributed by atoms with van der Waals surface area (Å²) in [6.45, 7) is 13.6. The molecule has 0 amide bonds. The minimum absolute atomic E-state index is 0.0316. The van der Waals surface area contributed by atoms with Gasteiger partial charge >= 0.3 is 0 Å². The molecule has 0 aromatic carbocycles. The average Bonchev–Trinajstić information content (AvgIpc) is 2.00. The van der Waals surface area contributed by atoms with Crippen LogP contribution in [0.25, 0.3) is 0 Å². The van der Waals surface area contributed by atoms with Crippen LogP contribution in [-0.4, -0.2) is 38.0 Å². The van der Waals surface area contributed by atoms with E-state index in [2.05, 4.69) is 26.1 Å². The van der Waals surface area contributed by atoms with Crippen molar-refractivity contribution < 1.29 is 9.47 Å². The third kappa shape index (κ3) is 11.9. The van der Waals surface area contributed by atoms with E-state index in [-0.39, 0.29) is 5.60 Å². The highest BCUT2D eigenvalue weighted by atomic mass is 16.5. The lowest BCUT2D eigenvalue weighted by atomic mass is 10.2. The summed E-state index contributed by atoms with van der Waals surface area (Å²) in [6.07, 6.45) is 0.322. The van der Waals surface area contributed by atoms with Crippen LogP contribution in [0.1, 0.15) is 34.6 Å². The van der Waals surface area contributed by atoms with Gasteiger partial charge in [0.05, 0.1) is 24.9 Å². The van der Waals surface area contributed by atoms with Gasteiger partial charge in [-0.25, -0.2) is 0 Å². The molecule has 0 radical (unpaired) electrons. The standard InChI is InChI=1S/C11H25NO2/c1-10(2)13-8-6-12-7-9-14-11(3,4)5/h10,12H,6-9H2,1-5H3. The van der Waals surface area contributed by atoms with Gasteiger partial charge in [-0.1, -0.05) is 0 Å². The fourth-order valence-electron chi connectivity index (χ4n) is 0.921. The maximum absolute atomic E-state index is 5.55. The highest BCUT2D eigenvalue weighted by molar-refractivity contribution is 4.59. The van der Waals surface area contributed by atoms with Crippen LogP contribution in [0.2, 0.25) is 0 Å². The van der Waals surface area contributed by atoms with Crippen LogP contribution >= 0.6 is 0 Å². The van der Waals surface area contributed by atoms with Crippen molar-refractivity contribution in [2.24, 2.45) is 0 Å². The molecular weight excluding hydrogens is 178 g/mol. The highest BCUT2D eigenvalue weighted by Crippen LogP contribution is 2.04. The first kappa shape index (κ1) is 13.9. The lowest BCUT2D eigenvalue weighted by Gasteiger charge is -2.19. The van der Waals surface area contributed by atoms with E-state index >= 15 is 0 Å². The molecule has 0 saturated carbocycles. The summed E-state index contributed by atoms with van der Waals surface area (Å²) in [7, 11) is 0. The molecule has 1 N–H and O–H groups in total. The lowest BCUT2D eigenvalue weighted by molar-refractivity contribution is -0.00168. The van der Waals surface area contributed by atoms with Gasteiger partial charge in [0.25, 0.3) is 0 Å². The largest absolute Gasteiger partial charge is 0.377 e. The predicted molar refractivity (Wildman–Crippen MR) is 59.7 cm³/mol. The lowest BCUT2D eigenvalue weighted by Crippen LogP contribution is -2.29. The third-order valence-electron chi connectivity index (χ3n) is 1.54. The molecule has 0 atom stereocenters. The monoisotopic (exact) mass is 203 g/mol. The molecule has 0 spiro atoms. The molecule has 3 nitrogen and oxygen atoms in total. The molecule has 0 fully saturated rings. The molecule has 0 aliphatic rings. The highest BCUT2D eigenvalue weighted by Gasteiger charge is 2.08. The molecule has 0 aromatic heterocycles. The van der Waals surface area contributed by atoms with Crippen molar-refractivity contribution in [3.63, 3.8) is 0 Å². The van der Waals surface area contributed by atoms with E-state index in [1.165, 1.54) is 0 Å². The summed E-state index contributed by atoms with van der Waals surface area (Å²) < 4.78 is 10.9. The number of nitrogens with one attached hydrogen (secondary N) is 1. The van der Waals surface area contributed by atoms with Crippen molar-refractivity contribution in [1.82, 2.24) is 5.32 Å². The second-order valence-electron chi connectivity index (χ2n) is 4.63. The fourth-order valence-corrected chi connectivity index (χ4v) is 0.921. The number of hydrogen-bond acceptors (Lipinski definition) is 3. The van der Waals surface area contributed by atoms with Gasteiger partial charge in [0, 0.05) is 13.1 Å². The van der Waals surface area contributed by atoms with Gasteiger partial charge in [0.15, 0.2) is 0 Å². The summed E-state index contributed by atoms with van der Waals surface area (Å²) in [6, 6.07) is 0. The minimum atomic E-state index is -0.0316. The molecule has 0 aliphatic heterocycles. The van der Waals surface area contributed by atoms with E-state index in [9.17, 15) is 0 Å². The van der Waals surface area contributed by atoms with Crippen LogP contribution in [0, 0.1) is 0 Å². The van der Waals surface area contributed by atoms with E-state index in [1.807, 2.05) is 13.8 Å². The zero-order valence-electron chi connectivity index (χ0n) is 10.2. The molecule has 3 heteroatoms. The summed E-state index contributed by atoms with van der Waals surface area (Å²) in [4.78, 5) is 0. The van der Waals surface area contributed by atoms with E-state index in [0.29, 0.717) is 6.10 Å². The van der Waals surface area contributed by atoms with Crippen LogP contribution in [0.4, 0.5) is 0 Å². The quantitative estimate of drug-likeness (QED) is 0.640. The third-order valence-corrected chi connectivity index (χ3v) is 1.54. The van der Waals surface area contributed by atoms with Gasteiger partial charge in [-0.05, 0) is 34.6 Å². The zero-order chi connectivity index (χ0) is 11.0. The smallest absolute Gasteiger partial charge is 0.0599 e. The van der Waals surface area contributed by atoms with Crippen molar-refractivity contribution in [2.75, 3.05) is 26.3 Å². The Morgan fingerprint density at radius 3 is 2.14 bits per heavy atom. The van der Waals surface area contributed by atoms with Crippen molar-refractivity contribution in [3.8, 4) is 0 Å². The molecular formula is C11H25NO2.